The summed E-state index contributed by atoms with van der Waals surface area (Å²) >= 11 is 0. The second-order valence-corrected chi connectivity index (χ2v) is 2.80. The van der Waals surface area contributed by atoms with E-state index >= 15 is 0 Å². The smallest absolute Gasteiger partial charge is 0.294 e. The highest BCUT2D eigenvalue weighted by Gasteiger charge is 2.33. The van der Waals surface area contributed by atoms with Gasteiger partial charge in [-0.1, -0.05) is 0 Å². The van der Waals surface area contributed by atoms with Crippen molar-refractivity contribution < 1.29 is 14.6 Å². The highest BCUT2D eigenvalue weighted by atomic mass is 16.5. The van der Waals surface area contributed by atoms with Gasteiger partial charge in [0.25, 0.3) is 6.47 Å². The van der Waals surface area contributed by atoms with E-state index in [1.807, 2.05) is 0 Å². The van der Waals surface area contributed by atoms with E-state index in [1.54, 1.807) is 6.92 Å². The summed E-state index contributed by atoms with van der Waals surface area (Å²) in [5.41, 5.74) is -0.728. The summed E-state index contributed by atoms with van der Waals surface area (Å²) in [5.74, 6) is 0. The van der Waals surface area contributed by atoms with Crippen molar-refractivity contribution >= 4 is 6.47 Å². The van der Waals surface area contributed by atoms with Crippen LogP contribution in [0.15, 0.2) is 0 Å². The summed E-state index contributed by atoms with van der Waals surface area (Å²) in [6.07, 6.45) is 0.152. The average molecular weight is 145 g/mol. The van der Waals surface area contributed by atoms with Crippen molar-refractivity contribution in [3.05, 3.63) is 0 Å². The van der Waals surface area contributed by atoms with Gasteiger partial charge in [-0.3, -0.25) is 10.1 Å². The molecule has 0 radical (unpaired) electrons. The van der Waals surface area contributed by atoms with Gasteiger partial charge in [-0.2, -0.15) is 0 Å². The minimum absolute atomic E-state index is 0.313. The van der Waals surface area contributed by atoms with Gasteiger partial charge >= 0.3 is 0 Å². The van der Waals surface area contributed by atoms with Crippen molar-refractivity contribution in [2.45, 2.75) is 25.2 Å². The van der Waals surface area contributed by atoms with Crippen LogP contribution in [0.2, 0.25) is 0 Å². The lowest BCUT2D eigenvalue weighted by molar-refractivity contribution is -0.134. The fourth-order valence-electron chi connectivity index (χ4n) is 1.04. The third-order valence-corrected chi connectivity index (χ3v) is 1.56. The molecule has 58 valence electrons. The average Bonchev–Trinajstić information content (AvgIpc) is 2.12. The predicted octanol–water partition coefficient (Wildman–Crippen LogP) is -0.770. The third-order valence-electron chi connectivity index (χ3n) is 1.56. The van der Waals surface area contributed by atoms with Gasteiger partial charge in [-0.05, 0) is 6.92 Å². The minimum atomic E-state index is -0.728. The summed E-state index contributed by atoms with van der Waals surface area (Å²) < 4.78 is 4.59. The topological polar surface area (TPSA) is 58.6 Å². The number of hydrogen-bond donors (Lipinski definition) is 2. The number of carbonyl (C=O) groups excluding carboxylic acids is 1. The molecule has 0 aromatic heterocycles. The lowest BCUT2D eigenvalue weighted by Crippen LogP contribution is -2.26. The molecule has 4 heteroatoms. The molecule has 0 aromatic rings. The molecule has 0 spiro atoms. The Morgan fingerprint density at radius 2 is 2.60 bits per heavy atom. The Morgan fingerprint density at radius 3 is 3.00 bits per heavy atom. The van der Waals surface area contributed by atoms with Gasteiger partial charge in [0.2, 0.25) is 0 Å². The van der Waals surface area contributed by atoms with Crippen LogP contribution in [0.25, 0.3) is 0 Å². The molecule has 1 aliphatic rings. The lowest BCUT2D eigenvalue weighted by atomic mass is 10.1. The molecule has 4 nitrogen and oxygen atoms in total. The summed E-state index contributed by atoms with van der Waals surface area (Å²) in [7, 11) is 0. The van der Waals surface area contributed by atoms with Crippen molar-refractivity contribution in [1.29, 1.82) is 0 Å². The van der Waals surface area contributed by atoms with E-state index in [0.29, 0.717) is 19.4 Å². The predicted molar refractivity (Wildman–Crippen MR) is 34.2 cm³/mol. The first-order valence-electron chi connectivity index (χ1n) is 3.19. The highest BCUT2D eigenvalue weighted by Crippen LogP contribution is 2.17. The van der Waals surface area contributed by atoms with E-state index in [4.69, 9.17) is 0 Å². The largest absolute Gasteiger partial charge is 0.449 e. The molecule has 1 saturated heterocycles. The maximum atomic E-state index is 9.83. The second-order valence-electron chi connectivity index (χ2n) is 2.80. The highest BCUT2D eigenvalue weighted by molar-refractivity contribution is 5.37. The van der Waals surface area contributed by atoms with Crippen molar-refractivity contribution in [1.82, 2.24) is 5.32 Å². The van der Waals surface area contributed by atoms with Crippen LogP contribution < -0.4 is 5.32 Å². The fourth-order valence-corrected chi connectivity index (χ4v) is 1.04. The van der Waals surface area contributed by atoms with E-state index in [0.717, 1.165) is 0 Å². The Bertz CT molecular complexity index is 135. The van der Waals surface area contributed by atoms with Crippen LogP contribution in [0.5, 0.6) is 0 Å². The van der Waals surface area contributed by atoms with Crippen molar-refractivity contribution in [2.24, 2.45) is 0 Å². The Morgan fingerprint density at radius 1 is 1.90 bits per heavy atom. The van der Waals surface area contributed by atoms with Gasteiger partial charge in [-0.25, -0.2) is 0 Å². The van der Waals surface area contributed by atoms with E-state index in [-0.39, 0.29) is 6.23 Å². The normalized spacial score (nSPS) is 39.6. The van der Waals surface area contributed by atoms with Gasteiger partial charge in [0.05, 0.1) is 5.60 Å². The fraction of sp³-hybridized carbons (Fsp3) is 0.833. The SMILES string of the molecule is C[C@@]1(O)CN[C@H](OC=O)C1. The number of carbonyl (C=O) groups is 1. The summed E-state index contributed by atoms with van der Waals surface area (Å²) in [6, 6.07) is 0. The molecule has 0 amide bonds. The summed E-state index contributed by atoms with van der Waals surface area (Å²) in [5, 5.41) is 12.2. The number of rotatable bonds is 2. The van der Waals surface area contributed by atoms with Crippen molar-refractivity contribution in [2.75, 3.05) is 6.54 Å². The zero-order valence-electron chi connectivity index (χ0n) is 5.83. The Labute approximate surface area is 59.2 Å². The first-order valence-corrected chi connectivity index (χ1v) is 3.19. The molecule has 2 atom stereocenters. The van der Waals surface area contributed by atoms with Gasteiger partial charge in [0.1, 0.15) is 0 Å². The number of nitrogens with one attached hydrogen (secondary N) is 1. The third kappa shape index (κ3) is 1.68. The van der Waals surface area contributed by atoms with E-state index in [2.05, 4.69) is 10.1 Å². The van der Waals surface area contributed by atoms with E-state index in [1.165, 1.54) is 0 Å². The van der Waals surface area contributed by atoms with Crippen LogP contribution in [0.3, 0.4) is 0 Å². The van der Waals surface area contributed by atoms with E-state index < -0.39 is 5.60 Å². The van der Waals surface area contributed by atoms with Gasteiger partial charge in [-0.15, -0.1) is 0 Å². The van der Waals surface area contributed by atoms with Gasteiger partial charge in [0.15, 0.2) is 6.23 Å². The number of β-amino-alcohol motifs (C(OH)–C–C–N with tert-alkyl or cyclic N) is 1. The minimum Gasteiger partial charge on any atom is -0.449 e. The standard InChI is InChI=1S/C6H11NO3/c1-6(9)2-5(7-3-6)10-4-8/h4-5,7,9H,2-3H2,1H3/t5-,6+/m1/s1. The monoisotopic (exact) mass is 145 g/mol. The molecule has 0 aliphatic carbocycles. The van der Waals surface area contributed by atoms with Crippen molar-refractivity contribution in [3.8, 4) is 0 Å². The molecule has 10 heavy (non-hydrogen) atoms. The summed E-state index contributed by atoms with van der Waals surface area (Å²) in [6.45, 7) is 2.57. The Balaban J connectivity index is 2.35. The van der Waals surface area contributed by atoms with Crippen LogP contribution >= 0.6 is 0 Å². The Hall–Kier alpha value is -0.610. The van der Waals surface area contributed by atoms with Gasteiger partial charge < -0.3 is 9.84 Å². The van der Waals surface area contributed by atoms with Crippen LogP contribution in [0.1, 0.15) is 13.3 Å². The molecule has 0 unspecified atom stereocenters. The van der Waals surface area contributed by atoms with Crippen LogP contribution in [0.4, 0.5) is 0 Å². The number of hydrogen-bond acceptors (Lipinski definition) is 4. The quantitative estimate of drug-likeness (QED) is 0.501. The maximum absolute atomic E-state index is 9.83. The maximum Gasteiger partial charge on any atom is 0.294 e. The Kier molecular flexibility index (Phi) is 1.92. The first-order chi connectivity index (χ1) is 4.64. The molecular formula is C6H11NO3. The summed E-state index contributed by atoms with van der Waals surface area (Å²) in [4.78, 5) is 9.83. The van der Waals surface area contributed by atoms with Crippen molar-refractivity contribution in [3.63, 3.8) is 0 Å². The van der Waals surface area contributed by atoms with Crippen LogP contribution in [-0.4, -0.2) is 30.0 Å². The lowest BCUT2D eigenvalue weighted by Gasteiger charge is -2.12. The molecule has 1 heterocycles. The molecule has 0 bridgehead atoms. The van der Waals surface area contributed by atoms with Crippen LogP contribution in [-0.2, 0) is 9.53 Å². The molecule has 2 N–H and O–H groups in total. The molecule has 0 saturated carbocycles. The first kappa shape index (κ1) is 7.50. The number of aliphatic hydroxyl groups is 1. The van der Waals surface area contributed by atoms with E-state index in [9.17, 15) is 9.90 Å². The number of ether oxygens (including phenoxy) is 1. The zero-order valence-corrected chi connectivity index (χ0v) is 5.83. The second kappa shape index (κ2) is 2.56. The van der Waals surface area contributed by atoms with Crippen LogP contribution in [0, 0.1) is 0 Å². The molecule has 0 aromatic carbocycles. The molecule has 1 rings (SSSR count). The molecular weight excluding hydrogens is 134 g/mol. The molecule has 1 aliphatic heterocycles. The zero-order chi connectivity index (χ0) is 7.61. The molecule has 1 fully saturated rings. The van der Waals surface area contributed by atoms with Gasteiger partial charge in [0, 0.05) is 13.0 Å².